The third kappa shape index (κ3) is 13.6. The van der Waals surface area contributed by atoms with Gasteiger partial charge in [-0.2, -0.15) is 16.8 Å². The van der Waals surface area contributed by atoms with Crippen molar-refractivity contribution in [3.8, 4) is 0 Å². The molecule has 2 amide bonds. The van der Waals surface area contributed by atoms with E-state index >= 15 is 0 Å². The molecule has 2 N–H and O–H groups in total. The van der Waals surface area contributed by atoms with Crippen molar-refractivity contribution >= 4 is 32.4 Å². The number of nitrogens with two attached hydrogens (primary N) is 1. The minimum Gasteiger partial charge on any atom is -0.445 e. The highest BCUT2D eigenvalue weighted by atomic mass is 32.2. The topological polar surface area (TPSA) is 175 Å². The number of carbonyl (C=O) groups excluding carboxylic acids is 2. The third-order valence-electron chi connectivity index (χ3n) is 11.7. The molecule has 4 aromatic carbocycles. The van der Waals surface area contributed by atoms with Crippen molar-refractivity contribution in [2.75, 3.05) is 51.9 Å². The zero-order valence-corrected chi connectivity index (χ0v) is 37.6. The van der Waals surface area contributed by atoms with Crippen LogP contribution in [0.5, 0.6) is 0 Å². The van der Waals surface area contributed by atoms with Crippen LogP contribution in [0.25, 0.3) is 0 Å². The van der Waals surface area contributed by atoms with Gasteiger partial charge in [0.25, 0.3) is 20.2 Å². The number of nitrogens with zero attached hydrogens (tertiary/aromatic N) is 3. The van der Waals surface area contributed by atoms with Gasteiger partial charge in [0.1, 0.15) is 13.2 Å². The quantitative estimate of drug-likeness (QED) is 0.138. The summed E-state index contributed by atoms with van der Waals surface area (Å²) >= 11 is 0. The van der Waals surface area contributed by atoms with Crippen LogP contribution in [-0.2, 0) is 64.4 Å². The van der Waals surface area contributed by atoms with Gasteiger partial charge in [-0.05, 0) is 46.9 Å². The molecule has 3 fully saturated rings. The number of amides is 2. The molecule has 0 saturated carbocycles. The molecule has 4 aromatic rings. The number of ether oxygens (including phenoxy) is 2. The number of hydrogen-bond donors (Lipinski definition) is 1. The summed E-state index contributed by atoms with van der Waals surface area (Å²) in [6, 6.07) is 39.5. The summed E-state index contributed by atoms with van der Waals surface area (Å²) in [6.45, 7) is 8.65. The maximum atomic E-state index is 12.7. The average Bonchev–Trinajstić information content (AvgIpc) is 3.72. The second-order valence-corrected chi connectivity index (χ2v) is 19.5. The predicted molar refractivity (Wildman–Crippen MR) is 237 cm³/mol. The standard InChI is InChI=1S/C22H26N2O2.C17H25NO8S2.C7H9N/c1-18-14-24(21(25)26-16-20-10-6-3-7-11-20)22(18)12-13-23(17-22)15-19-8-4-2-5-9-19;1-14-11-18(16(19)24-12-15-7-5-4-6-8-15)17(14,13-26-28(3,22)23)9-10-25-27(2,20)21;8-6-7-4-2-1-3-5-7/h2-11,18H,12-17H2,1H3;4-8,14H,9-13H2,1-3H3;1-5H,6,8H2/t18-,22-;14-,17-;/m00./s1. The van der Waals surface area contributed by atoms with E-state index in [-0.39, 0.29) is 43.8 Å². The smallest absolute Gasteiger partial charge is 0.410 e. The van der Waals surface area contributed by atoms with E-state index in [1.54, 1.807) is 0 Å². The van der Waals surface area contributed by atoms with Gasteiger partial charge in [-0.3, -0.25) is 18.2 Å². The minimum atomic E-state index is -3.75. The highest BCUT2D eigenvalue weighted by molar-refractivity contribution is 7.86. The fraction of sp³-hybridized carbons (Fsp3) is 0.435. The van der Waals surface area contributed by atoms with E-state index in [9.17, 15) is 26.4 Å². The molecule has 1 spiro atoms. The summed E-state index contributed by atoms with van der Waals surface area (Å²) in [5.74, 6) is 0.384. The number of rotatable bonds is 14. The predicted octanol–water partition coefficient (Wildman–Crippen LogP) is 6.42. The van der Waals surface area contributed by atoms with Crippen molar-refractivity contribution in [1.82, 2.24) is 14.7 Å². The van der Waals surface area contributed by atoms with E-state index < -0.39 is 31.9 Å². The second kappa shape index (κ2) is 22.0. The largest absolute Gasteiger partial charge is 0.445 e. The monoisotopic (exact) mass is 892 g/mol. The molecule has 16 heteroatoms. The van der Waals surface area contributed by atoms with Crippen LogP contribution in [0.2, 0.25) is 0 Å². The van der Waals surface area contributed by atoms with E-state index in [1.807, 2.05) is 109 Å². The zero-order chi connectivity index (χ0) is 44.8. The van der Waals surface area contributed by atoms with Crippen LogP contribution >= 0.6 is 0 Å². The van der Waals surface area contributed by atoms with Gasteiger partial charge in [-0.15, -0.1) is 0 Å². The van der Waals surface area contributed by atoms with Gasteiger partial charge in [-0.25, -0.2) is 9.59 Å². The first-order chi connectivity index (χ1) is 29.5. The number of benzene rings is 4. The maximum absolute atomic E-state index is 12.7. The molecule has 14 nitrogen and oxygen atoms in total. The summed E-state index contributed by atoms with van der Waals surface area (Å²) < 4.78 is 66.1. The molecule has 336 valence electrons. The molecule has 0 radical (unpaired) electrons. The van der Waals surface area contributed by atoms with Crippen molar-refractivity contribution < 1.29 is 44.3 Å². The number of hydrogen-bond acceptors (Lipinski definition) is 12. The Morgan fingerprint density at radius 1 is 0.645 bits per heavy atom. The Morgan fingerprint density at radius 2 is 1.10 bits per heavy atom. The molecular formula is C46H60N4O10S2. The van der Waals surface area contributed by atoms with Crippen LogP contribution in [0.1, 0.15) is 48.9 Å². The highest BCUT2D eigenvalue weighted by Gasteiger charge is 2.57. The lowest BCUT2D eigenvalue weighted by atomic mass is 9.73. The molecule has 3 saturated heterocycles. The Balaban J connectivity index is 0.000000199. The lowest BCUT2D eigenvalue weighted by Crippen LogP contribution is -2.70. The first kappa shape index (κ1) is 48.2. The van der Waals surface area contributed by atoms with Crippen LogP contribution < -0.4 is 5.73 Å². The Bertz CT molecular complexity index is 2240. The first-order valence-electron chi connectivity index (χ1n) is 20.7. The molecule has 3 aliphatic rings. The zero-order valence-electron chi connectivity index (χ0n) is 36.0. The van der Waals surface area contributed by atoms with E-state index in [2.05, 4.69) is 36.1 Å². The first-order valence-corrected chi connectivity index (χ1v) is 24.3. The molecule has 0 aromatic heterocycles. The van der Waals surface area contributed by atoms with Gasteiger partial charge >= 0.3 is 12.2 Å². The number of likely N-dealkylation sites (tertiary alicyclic amines) is 3. The van der Waals surface area contributed by atoms with Crippen LogP contribution in [0.15, 0.2) is 121 Å². The van der Waals surface area contributed by atoms with Crippen molar-refractivity contribution in [2.45, 2.75) is 64.1 Å². The molecule has 4 atom stereocenters. The Kier molecular flexibility index (Phi) is 17.1. The van der Waals surface area contributed by atoms with Crippen LogP contribution in [0, 0.1) is 11.8 Å². The lowest BCUT2D eigenvalue weighted by molar-refractivity contribution is -0.0942. The van der Waals surface area contributed by atoms with Crippen molar-refractivity contribution in [1.29, 1.82) is 0 Å². The van der Waals surface area contributed by atoms with E-state index in [4.69, 9.17) is 23.6 Å². The molecule has 0 unspecified atom stereocenters. The molecule has 3 heterocycles. The lowest BCUT2D eigenvalue weighted by Gasteiger charge is -2.56. The molecule has 62 heavy (non-hydrogen) atoms. The van der Waals surface area contributed by atoms with Crippen LogP contribution in [0.4, 0.5) is 9.59 Å². The Hall–Kier alpha value is -4.84. The summed E-state index contributed by atoms with van der Waals surface area (Å²) in [4.78, 5) is 31.0. The Labute approximate surface area is 367 Å². The van der Waals surface area contributed by atoms with E-state index in [1.165, 1.54) is 16.0 Å². The van der Waals surface area contributed by atoms with Gasteiger partial charge in [-0.1, -0.05) is 135 Å². The third-order valence-corrected chi connectivity index (χ3v) is 12.9. The van der Waals surface area contributed by atoms with Gasteiger partial charge < -0.3 is 20.1 Å². The van der Waals surface area contributed by atoms with Gasteiger partial charge in [0, 0.05) is 39.3 Å². The highest BCUT2D eigenvalue weighted by Crippen LogP contribution is 2.44. The van der Waals surface area contributed by atoms with E-state index in [0.29, 0.717) is 25.6 Å². The summed E-state index contributed by atoms with van der Waals surface area (Å²) in [6.07, 6.45) is 2.14. The van der Waals surface area contributed by atoms with Gasteiger partial charge in [0.15, 0.2) is 0 Å². The minimum absolute atomic E-state index is 0.0530. The molecule has 3 aliphatic heterocycles. The molecule has 7 rings (SSSR count). The van der Waals surface area contributed by atoms with Crippen LogP contribution in [0.3, 0.4) is 0 Å². The summed E-state index contributed by atoms with van der Waals surface area (Å²) in [5, 5.41) is 0. The van der Waals surface area contributed by atoms with Gasteiger partial charge in [0.2, 0.25) is 0 Å². The summed E-state index contributed by atoms with van der Waals surface area (Å²) in [7, 11) is -7.42. The normalized spacial score (nSPS) is 22.0. The van der Waals surface area contributed by atoms with Crippen molar-refractivity contribution in [3.63, 3.8) is 0 Å². The van der Waals surface area contributed by atoms with Crippen molar-refractivity contribution in [2.24, 2.45) is 17.6 Å². The molecule has 0 bridgehead atoms. The SMILES string of the molecule is C[C@H]1CN(C(=O)OCc2ccccc2)[C@@]1(CCOS(C)(=O)=O)COS(C)(=O)=O.C[C@H]1CN(C(=O)OCc2ccccc2)[C@]12CCN(Cc1ccccc1)C2.NCc1ccccc1. The van der Waals surface area contributed by atoms with E-state index in [0.717, 1.165) is 56.2 Å². The molecule has 0 aliphatic carbocycles. The fourth-order valence-corrected chi connectivity index (χ4v) is 8.83. The Morgan fingerprint density at radius 3 is 1.53 bits per heavy atom. The van der Waals surface area contributed by atoms with Crippen molar-refractivity contribution in [3.05, 3.63) is 144 Å². The second-order valence-electron chi connectivity index (χ2n) is 16.2. The molecular weight excluding hydrogens is 833 g/mol. The summed E-state index contributed by atoms with van der Waals surface area (Å²) in [5.41, 5.74) is 8.61. The van der Waals surface area contributed by atoms with Crippen LogP contribution in [-0.4, -0.2) is 107 Å². The average molecular weight is 893 g/mol. The number of carbonyl (C=O) groups is 2. The maximum Gasteiger partial charge on any atom is 0.410 e. The fourth-order valence-electron chi connectivity index (χ4n) is 8.03. The van der Waals surface area contributed by atoms with Gasteiger partial charge in [0.05, 0.1) is 36.8 Å².